The first-order chi connectivity index (χ1) is 14.3. The van der Waals surface area contributed by atoms with E-state index in [-0.39, 0.29) is 5.56 Å². The second kappa shape index (κ2) is 7.91. The van der Waals surface area contributed by atoms with Gasteiger partial charge >= 0.3 is 16.3 Å². The van der Waals surface area contributed by atoms with Crippen LogP contribution in [0.1, 0.15) is 17.2 Å². The summed E-state index contributed by atoms with van der Waals surface area (Å²) in [6, 6.07) is 2.06. The van der Waals surface area contributed by atoms with E-state index in [0.717, 1.165) is 23.3 Å². The Morgan fingerprint density at radius 2 is 1.55 bits per heavy atom. The summed E-state index contributed by atoms with van der Waals surface area (Å²) in [6.07, 6.45) is -4.76. The number of hydrogen-bond donors (Lipinski definition) is 0. The van der Waals surface area contributed by atoms with E-state index < -0.39 is 74.6 Å². The molecule has 1 aliphatic rings. The Morgan fingerprint density at radius 1 is 1.00 bits per heavy atom. The molecular weight excluding hydrogens is 466 g/mol. The number of benzene rings is 2. The van der Waals surface area contributed by atoms with Gasteiger partial charge < -0.3 is 4.18 Å². The maximum absolute atomic E-state index is 13.8. The maximum Gasteiger partial charge on any atom is 0.416 e. The Balaban J connectivity index is 2.02. The Morgan fingerprint density at radius 3 is 2.10 bits per heavy atom. The van der Waals surface area contributed by atoms with Crippen LogP contribution in [0, 0.1) is 29.1 Å². The Kier molecular flexibility index (Phi) is 5.92. The van der Waals surface area contributed by atoms with E-state index in [1.807, 2.05) is 0 Å². The van der Waals surface area contributed by atoms with Crippen molar-refractivity contribution >= 4 is 10.1 Å². The van der Waals surface area contributed by atoms with Crippen molar-refractivity contribution in [2.45, 2.75) is 17.5 Å². The topological polar surface area (TPSA) is 55.8 Å². The zero-order chi connectivity index (χ0) is 23.3. The van der Waals surface area contributed by atoms with E-state index in [4.69, 9.17) is 4.84 Å². The van der Waals surface area contributed by atoms with Gasteiger partial charge in [0.1, 0.15) is 5.25 Å². The molecule has 0 amide bonds. The molecule has 2 aromatic rings. The molecule has 0 aliphatic carbocycles. The minimum Gasteiger partial charge on any atom is -0.376 e. The largest absolute Gasteiger partial charge is 0.416 e. The van der Waals surface area contributed by atoms with Crippen LogP contribution >= 0.6 is 0 Å². The predicted octanol–water partition coefficient (Wildman–Crippen LogP) is 4.10. The van der Waals surface area contributed by atoms with Crippen LogP contribution in [-0.4, -0.2) is 32.4 Å². The monoisotopic (exact) mass is 477 g/mol. The second-order valence-corrected chi connectivity index (χ2v) is 8.18. The van der Waals surface area contributed by atoms with Crippen molar-refractivity contribution in [3.8, 4) is 5.75 Å². The van der Waals surface area contributed by atoms with Crippen LogP contribution in [0.3, 0.4) is 0 Å². The zero-order valence-corrected chi connectivity index (χ0v) is 16.0. The van der Waals surface area contributed by atoms with Crippen LogP contribution in [0.25, 0.3) is 0 Å². The van der Waals surface area contributed by atoms with Crippen LogP contribution in [0.4, 0.5) is 35.1 Å². The molecule has 0 saturated carbocycles. The lowest BCUT2D eigenvalue weighted by atomic mass is 10.0. The molecule has 0 spiro atoms. The van der Waals surface area contributed by atoms with Gasteiger partial charge in [0.25, 0.3) is 0 Å². The van der Waals surface area contributed by atoms with E-state index in [1.54, 1.807) is 0 Å². The third kappa shape index (κ3) is 4.19. The molecule has 2 unspecified atom stereocenters. The highest BCUT2D eigenvalue weighted by molar-refractivity contribution is 7.87. The van der Waals surface area contributed by atoms with E-state index in [2.05, 4.69) is 4.18 Å². The van der Waals surface area contributed by atoms with Crippen LogP contribution in [0.15, 0.2) is 24.3 Å². The molecule has 0 N–H and O–H groups in total. The molecule has 0 radical (unpaired) electrons. The van der Waals surface area contributed by atoms with E-state index in [0.29, 0.717) is 6.07 Å². The second-order valence-electron chi connectivity index (χ2n) is 6.42. The van der Waals surface area contributed by atoms with Crippen LogP contribution < -0.4 is 4.18 Å². The minimum absolute atomic E-state index is 0.204. The van der Waals surface area contributed by atoms with Gasteiger partial charge in [-0.3, -0.25) is 4.84 Å². The number of hydrogen-bond acceptors (Lipinski definition) is 5. The Bertz CT molecular complexity index is 1090. The zero-order valence-electron chi connectivity index (χ0n) is 15.2. The molecular formula is C17H11F8NO4S. The summed E-state index contributed by atoms with van der Waals surface area (Å²) in [5.41, 5.74) is -1.31. The number of alkyl halides is 3. The van der Waals surface area contributed by atoms with Crippen molar-refractivity contribution in [3.05, 3.63) is 64.5 Å². The lowest BCUT2D eigenvalue weighted by Crippen LogP contribution is -2.34. The summed E-state index contributed by atoms with van der Waals surface area (Å²) in [7, 11) is -3.99. The summed E-state index contributed by atoms with van der Waals surface area (Å²) >= 11 is 0. The van der Waals surface area contributed by atoms with Gasteiger partial charge in [-0.2, -0.15) is 35.4 Å². The summed E-state index contributed by atoms with van der Waals surface area (Å²) < 4.78 is 136. The first kappa shape index (κ1) is 23.2. The molecule has 1 heterocycles. The van der Waals surface area contributed by atoms with Gasteiger partial charge in [0.15, 0.2) is 0 Å². The number of rotatable bonds is 4. The average Bonchev–Trinajstić information content (AvgIpc) is 3.10. The van der Waals surface area contributed by atoms with E-state index in [1.165, 1.54) is 7.05 Å². The normalized spacial score (nSPS) is 20.3. The highest BCUT2D eigenvalue weighted by Crippen LogP contribution is 2.39. The third-order valence-electron chi connectivity index (χ3n) is 4.48. The van der Waals surface area contributed by atoms with E-state index >= 15 is 0 Å². The first-order valence-electron chi connectivity index (χ1n) is 8.23. The van der Waals surface area contributed by atoms with Crippen LogP contribution in [-0.2, 0) is 21.1 Å². The van der Waals surface area contributed by atoms with Gasteiger partial charge in [-0.15, -0.1) is 0 Å². The van der Waals surface area contributed by atoms with Crippen LogP contribution in [0.5, 0.6) is 5.75 Å². The Hall–Kier alpha value is -2.45. The highest BCUT2D eigenvalue weighted by Gasteiger charge is 2.46. The maximum atomic E-state index is 13.8. The molecule has 2 aromatic carbocycles. The molecule has 1 aliphatic heterocycles. The van der Waals surface area contributed by atoms with Crippen molar-refractivity contribution < 1.29 is 52.6 Å². The fourth-order valence-corrected chi connectivity index (χ4v) is 4.37. The molecule has 1 fully saturated rings. The molecule has 170 valence electrons. The predicted molar refractivity (Wildman–Crippen MR) is 87.5 cm³/mol. The lowest BCUT2D eigenvalue weighted by Gasteiger charge is -2.23. The molecule has 31 heavy (non-hydrogen) atoms. The van der Waals surface area contributed by atoms with Crippen molar-refractivity contribution in [3.63, 3.8) is 0 Å². The quantitative estimate of drug-likeness (QED) is 0.287. The van der Waals surface area contributed by atoms with Crippen LogP contribution in [0.2, 0.25) is 0 Å². The van der Waals surface area contributed by atoms with Gasteiger partial charge in [0.05, 0.1) is 18.2 Å². The average molecular weight is 477 g/mol. The van der Waals surface area contributed by atoms with Gasteiger partial charge in [-0.25, -0.2) is 13.2 Å². The summed E-state index contributed by atoms with van der Waals surface area (Å²) in [6.45, 7) is -0.727. The minimum atomic E-state index is -5.17. The van der Waals surface area contributed by atoms with Gasteiger partial charge in [-0.05, 0) is 17.7 Å². The van der Waals surface area contributed by atoms with Gasteiger partial charge in [0.2, 0.25) is 34.8 Å². The molecule has 14 heteroatoms. The summed E-state index contributed by atoms with van der Waals surface area (Å²) in [4.78, 5) is 5.01. The van der Waals surface area contributed by atoms with E-state index in [9.17, 15) is 43.5 Å². The summed E-state index contributed by atoms with van der Waals surface area (Å²) in [5, 5.41) is -0.990. The molecule has 3 rings (SSSR count). The fourth-order valence-electron chi connectivity index (χ4n) is 3.00. The standard InChI is InChI=1S/C17H11F8NO4S/c1-26-15(7-3-2-4-8(5-7)17(23,24)25)9(6-29-26)31(27,28)30-16-13(21)11(19)10(18)12(20)14(16)22/h2-5,9,15H,6H2,1H3. The lowest BCUT2D eigenvalue weighted by molar-refractivity contribution is -0.138. The third-order valence-corrected chi connectivity index (χ3v) is 6.02. The number of hydroxylamine groups is 2. The molecule has 0 bridgehead atoms. The smallest absolute Gasteiger partial charge is 0.376 e. The molecule has 5 nitrogen and oxygen atoms in total. The van der Waals surface area contributed by atoms with Gasteiger partial charge in [0, 0.05) is 7.05 Å². The van der Waals surface area contributed by atoms with Crippen molar-refractivity contribution in [2.75, 3.05) is 13.7 Å². The number of halogens is 8. The molecule has 2 atom stereocenters. The summed E-state index contributed by atoms with van der Waals surface area (Å²) in [5.74, 6) is -14.5. The highest BCUT2D eigenvalue weighted by atomic mass is 32.2. The SMILES string of the molecule is CN1OCC(S(=O)(=O)Oc2c(F)c(F)c(F)c(F)c2F)C1c1cccc(C(F)(F)F)c1. The van der Waals surface area contributed by atoms with Crippen molar-refractivity contribution in [1.82, 2.24) is 5.06 Å². The van der Waals surface area contributed by atoms with Crippen molar-refractivity contribution in [1.29, 1.82) is 0 Å². The fraction of sp³-hybridized carbons (Fsp3) is 0.294. The first-order valence-corrected chi connectivity index (χ1v) is 9.70. The van der Waals surface area contributed by atoms with Crippen molar-refractivity contribution in [2.24, 2.45) is 0 Å². The Labute approximate surface area is 169 Å². The van der Waals surface area contributed by atoms with Gasteiger partial charge in [-0.1, -0.05) is 12.1 Å². The molecule has 1 saturated heterocycles. The molecule has 0 aromatic heterocycles. The number of nitrogens with zero attached hydrogens (tertiary/aromatic N) is 1.